The van der Waals surface area contributed by atoms with Gasteiger partial charge >= 0.3 is 16.3 Å². The molecule has 0 aromatic heterocycles. The van der Waals surface area contributed by atoms with Gasteiger partial charge in [-0.1, -0.05) is 41.9 Å². The largest absolute Gasteiger partial charge is 0.452 e. The number of amides is 1. The molecular weight excluding hydrogens is 356 g/mol. The molecule has 7 nitrogen and oxygen atoms in total. The van der Waals surface area contributed by atoms with Gasteiger partial charge < -0.3 is 4.74 Å². The Bertz CT molecular complexity index is 869. The number of anilines is 1. The molecule has 0 heterocycles. The first-order valence-electron chi connectivity index (χ1n) is 6.60. The van der Waals surface area contributed by atoms with E-state index in [1.54, 1.807) is 35.1 Å². The highest BCUT2D eigenvalue weighted by atomic mass is 35.5. The molecule has 0 saturated carbocycles. The van der Waals surface area contributed by atoms with Gasteiger partial charge in [-0.2, -0.15) is 8.42 Å². The summed E-state index contributed by atoms with van der Waals surface area (Å²) in [5, 5.41) is 0.262. The maximum Gasteiger partial charge on any atom is 0.422 e. The Morgan fingerprint density at radius 3 is 2.38 bits per heavy atom. The van der Waals surface area contributed by atoms with Crippen LogP contribution in [0.3, 0.4) is 0 Å². The van der Waals surface area contributed by atoms with Crippen LogP contribution in [0.4, 0.5) is 10.5 Å². The standard InChI is InChI=1S/C15H13ClN2O5S/c1-23-15(20)18-24(21,22)17-13-8-7-11(16)9-12(13)14(19)10-5-3-2-4-6-10/h2-9,17H,1H3,(H,18,20). The van der Waals surface area contributed by atoms with Crippen molar-refractivity contribution in [2.75, 3.05) is 11.8 Å². The fourth-order valence-corrected chi connectivity index (χ4v) is 2.85. The second-order valence-corrected chi connectivity index (χ2v) is 6.44. The van der Waals surface area contributed by atoms with Gasteiger partial charge in [-0.05, 0) is 18.2 Å². The van der Waals surface area contributed by atoms with Crippen molar-refractivity contribution in [1.29, 1.82) is 0 Å². The molecule has 0 radical (unpaired) electrons. The van der Waals surface area contributed by atoms with Crippen LogP contribution in [0.5, 0.6) is 0 Å². The lowest BCUT2D eigenvalue weighted by Crippen LogP contribution is -2.35. The Kier molecular flexibility index (Phi) is 5.42. The molecule has 2 rings (SSSR count). The number of rotatable bonds is 5. The zero-order valence-corrected chi connectivity index (χ0v) is 14.0. The van der Waals surface area contributed by atoms with Crippen molar-refractivity contribution in [3.05, 3.63) is 64.7 Å². The van der Waals surface area contributed by atoms with Gasteiger partial charge in [-0.3, -0.25) is 9.52 Å². The van der Waals surface area contributed by atoms with Crippen molar-refractivity contribution in [3.63, 3.8) is 0 Å². The van der Waals surface area contributed by atoms with Gasteiger partial charge in [-0.15, -0.1) is 0 Å². The van der Waals surface area contributed by atoms with Crippen LogP contribution < -0.4 is 9.44 Å². The number of carbonyl (C=O) groups is 2. The summed E-state index contributed by atoms with van der Waals surface area (Å²) in [6.07, 6.45) is -1.16. The number of ether oxygens (including phenoxy) is 1. The average molecular weight is 369 g/mol. The maximum absolute atomic E-state index is 12.6. The van der Waals surface area contributed by atoms with Crippen LogP contribution in [-0.4, -0.2) is 27.4 Å². The zero-order chi connectivity index (χ0) is 17.7. The molecule has 0 saturated heterocycles. The fraction of sp³-hybridized carbons (Fsp3) is 0.0667. The fourth-order valence-electron chi connectivity index (χ4n) is 1.86. The predicted octanol–water partition coefficient (Wildman–Crippen LogP) is 2.58. The topological polar surface area (TPSA) is 102 Å². The van der Waals surface area contributed by atoms with E-state index in [2.05, 4.69) is 9.46 Å². The quantitative estimate of drug-likeness (QED) is 0.790. The Labute approximate surface area is 143 Å². The first-order valence-corrected chi connectivity index (χ1v) is 8.46. The predicted molar refractivity (Wildman–Crippen MR) is 89.4 cm³/mol. The molecule has 0 spiro atoms. The van der Waals surface area contributed by atoms with E-state index in [0.717, 1.165) is 7.11 Å². The molecule has 0 atom stereocenters. The summed E-state index contributed by atoms with van der Waals surface area (Å²) in [5.74, 6) is -0.422. The number of halogens is 1. The smallest absolute Gasteiger partial charge is 0.422 e. The lowest BCUT2D eigenvalue weighted by atomic mass is 10.0. The summed E-state index contributed by atoms with van der Waals surface area (Å²) in [7, 11) is -3.24. The van der Waals surface area contributed by atoms with Gasteiger partial charge in [0.1, 0.15) is 0 Å². The van der Waals surface area contributed by atoms with Crippen molar-refractivity contribution in [2.24, 2.45) is 0 Å². The molecule has 2 N–H and O–H groups in total. The van der Waals surface area contributed by atoms with Crippen molar-refractivity contribution in [1.82, 2.24) is 4.72 Å². The van der Waals surface area contributed by atoms with E-state index in [-0.39, 0.29) is 16.3 Å². The Balaban J connectivity index is 2.38. The molecule has 0 bridgehead atoms. The molecule has 0 aliphatic heterocycles. The second-order valence-electron chi connectivity index (χ2n) is 4.58. The van der Waals surface area contributed by atoms with Crippen LogP contribution in [-0.2, 0) is 14.9 Å². The minimum Gasteiger partial charge on any atom is -0.452 e. The number of ketones is 1. The molecule has 24 heavy (non-hydrogen) atoms. The van der Waals surface area contributed by atoms with E-state index in [1.165, 1.54) is 18.2 Å². The number of hydrogen-bond donors (Lipinski definition) is 2. The first kappa shape index (κ1) is 17.8. The third-order valence-electron chi connectivity index (χ3n) is 2.91. The van der Waals surface area contributed by atoms with E-state index in [1.807, 2.05) is 0 Å². The number of carbonyl (C=O) groups excluding carboxylic acids is 2. The van der Waals surface area contributed by atoms with Gasteiger partial charge in [-0.25, -0.2) is 9.52 Å². The van der Waals surface area contributed by atoms with Crippen molar-refractivity contribution in [2.45, 2.75) is 0 Å². The highest BCUT2D eigenvalue weighted by molar-refractivity contribution is 7.91. The molecule has 0 aliphatic rings. The van der Waals surface area contributed by atoms with E-state index in [4.69, 9.17) is 11.6 Å². The van der Waals surface area contributed by atoms with Crippen molar-refractivity contribution < 1.29 is 22.7 Å². The molecular formula is C15H13ClN2O5S. The maximum atomic E-state index is 12.6. The number of benzene rings is 2. The van der Waals surface area contributed by atoms with E-state index < -0.39 is 22.1 Å². The average Bonchev–Trinajstić information content (AvgIpc) is 2.56. The number of methoxy groups -OCH3 is 1. The van der Waals surface area contributed by atoms with Crippen LogP contribution in [0.15, 0.2) is 48.5 Å². The van der Waals surface area contributed by atoms with Crippen LogP contribution >= 0.6 is 11.6 Å². The molecule has 2 aromatic carbocycles. The van der Waals surface area contributed by atoms with Crippen LogP contribution in [0.2, 0.25) is 5.02 Å². The lowest BCUT2D eigenvalue weighted by molar-refractivity contribution is 0.103. The van der Waals surface area contributed by atoms with Crippen LogP contribution in [0.1, 0.15) is 15.9 Å². The molecule has 2 aromatic rings. The van der Waals surface area contributed by atoms with E-state index in [0.29, 0.717) is 5.56 Å². The lowest BCUT2D eigenvalue weighted by Gasteiger charge is -2.12. The van der Waals surface area contributed by atoms with E-state index >= 15 is 0 Å². The Hall–Kier alpha value is -2.58. The van der Waals surface area contributed by atoms with Crippen molar-refractivity contribution >= 4 is 39.4 Å². The molecule has 0 unspecified atom stereocenters. The number of nitrogens with one attached hydrogen (secondary N) is 2. The van der Waals surface area contributed by atoms with Crippen LogP contribution in [0.25, 0.3) is 0 Å². The second kappa shape index (κ2) is 7.33. The third-order valence-corrected chi connectivity index (χ3v) is 4.07. The zero-order valence-electron chi connectivity index (χ0n) is 12.4. The highest BCUT2D eigenvalue weighted by Gasteiger charge is 2.20. The minimum absolute atomic E-state index is 0.0235. The van der Waals surface area contributed by atoms with Crippen molar-refractivity contribution in [3.8, 4) is 0 Å². The van der Waals surface area contributed by atoms with Gasteiger partial charge in [0.05, 0.1) is 12.8 Å². The Morgan fingerprint density at radius 2 is 1.75 bits per heavy atom. The highest BCUT2D eigenvalue weighted by Crippen LogP contribution is 2.24. The van der Waals surface area contributed by atoms with Gasteiger partial charge in [0.2, 0.25) is 0 Å². The summed E-state index contributed by atoms with van der Waals surface area (Å²) in [4.78, 5) is 23.6. The number of hydrogen-bond acceptors (Lipinski definition) is 5. The summed E-state index contributed by atoms with van der Waals surface area (Å²) in [6.45, 7) is 0. The summed E-state index contributed by atoms with van der Waals surface area (Å²) >= 11 is 5.91. The first-order chi connectivity index (χ1) is 11.3. The summed E-state index contributed by atoms with van der Waals surface area (Å²) < 4.78 is 31.8. The SMILES string of the molecule is COC(=O)NS(=O)(=O)Nc1ccc(Cl)cc1C(=O)c1ccccc1. The Morgan fingerprint density at radius 1 is 1.08 bits per heavy atom. The summed E-state index contributed by atoms with van der Waals surface area (Å²) in [6, 6.07) is 12.4. The van der Waals surface area contributed by atoms with Crippen LogP contribution in [0, 0.1) is 0 Å². The molecule has 0 fully saturated rings. The minimum atomic E-state index is -4.27. The van der Waals surface area contributed by atoms with Gasteiger partial charge in [0.25, 0.3) is 0 Å². The third kappa shape index (κ3) is 4.46. The molecule has 1 amide bonds. The monoisotopic (exact) mass is 368 g/mol. The summed E-state index contributed by atoms with van der Waals surface area (Å²) in [5.41, 5.74) is 0.384. The van der Waals surface area contributed by atoms with E-state index in [9.17, 15) is 18.0 Å². The molecule has 9 heteroatoms. The molecule has 126 valence electrons. The normalized spacial score (nSPS) is 10.8. The molecule has 0 aliphatic carbocycles. The van der Waals surface area contributed by atoms with Gasteiger partial charge in [0.15, 0.2) is 5.78 Å². The van der Waals surface area contributed by atoms with Gasteiger partial charge in [0, 0.05) is 16.1 Å².